The van der Waals surface area contributed by atoms with Gasteiger partial charge < -0.3 is 4.74 Å². The van der Waals surface area contributed by atoms with E-state index < -0.39 is 0 Å². The van der Waals surface area contributed by atoms with E-state index >= 15 is 0 Å². The topological polar surface area (TPSA) is 9.23 Å². The van der Waals surface area contributed by atoms with Gasteiger partial charge in [-0.05, 0) is 31.2 Å². The van der Waals surface area contributed by atoms with Crippen LogP contribution in [0.1, 0.15) is 32.1 Å². The van der Waals surface area contributed by atoms with Crippen molar-refractivity contribution in [1.82, 2.24) is 0 Å². The maximum absolute atomic E-state index is 5.47. The molecule has 1 aromatic carbocycles. The van der Waals surface area contributed by atoms with Crippen molar-refractivity contribution in [1.29, 1.82) is 0 Å². The Hall–Kier alpha value is -0.550. The molecular formula is C14H21OP. The number of rotatable bonds is 3. The molecule has 0 spiro atoms. The minimum Gasteiger partial charge on any atom is -0.496 e. The number of ether oxygens (including phenoxy) is 1. The molecule has 0 aliphatic heterocycles. The summed E-state index contributed by atoms with van der Waals surface area (Å²) in [6.45, 7) is 2.42. The van der Waals surface area contributed by atoms with Crippen molar-refractivity contribution in [3.63, 3.8) is 0 Å². The van der Waals surface area contributed by atoms with Crippen LogP contribution in [0.4, 0.5) is 0 Å². The van der Waals surface area contributed by atoms with Crippen LogP contribution in [0, 0.1) is 0 Å². The number of benzene rings is 1. The average molecular weight is 236 g/mol. The summed E-state index contributed by atoms with van der Waals surface area (Å²) >= 11 is 0. The molecule has 0 bridgehead atoms. The molecule has 1 atom stereocenters. The molecule has 1 nitrogen and oxygen atoms in total. The van der Waals surface area contributed by atoms with Gasteiger partial charge in [-0.2, -0.15) is 0 Å². The molecule has 2 rings (SSSR count). The van der Waals surface area contributed by atoms with Gasteiger partial charge >= 0.3 is 0 Å². The van der Waals surface area contributed by atoms with Crippen LogP contribution in [-0.2, 0) is 0 Å². The highest BCUT2D eigenvalue weighted by molar-refractivity contribution is 7.65. The summed E-state index contributed by atoms with van der Waals surface area (Å²) in [6, 6.07) is 8.54. The highest BCUT2D eigenvalue weighted by atomic mass is 31.1. The molecular weight excluding hydrogens is 215 g/mol. The Balaban J connectivity index is 2.15. The Bertz CT molecular complexity index is 331. The van der Waals surface area contributed by atoms with E-state index in [1.165, 1.54) is 37.4 Å². The number of hydrogen-bond acceptors (Lipinski definition) is 1. The average Bonchev–Trinajstić information content (AvgIpc) is 2.39. The zero-order valence-electron chi connectivity index (χ0n) is 10.3. The van der Waals surface area contributed by atoms with E-state index in [0.717, 1.165) is 11.4 Å². The molecule has 2 heteroatoms. The summed E-state index contributed by atoms with van der Waals surface area (Å²) in [7, 11) is 1.74. The van der Waals surface area contributed by atoms with E-state index in [1.54, 1.807) is 7.11 Å². The van der Waals surface area contributed by atoms with Gasteiger partial charge in [-0.25, -0.2) is 0 Å². The maximum Gasteiger partial charge on any atom is 0.126 e. The lowest BCUT2D eigenvalue weighted by atomic mass is 10.0. The first-order valence-electron chi connectivity index (χ1n) is 6.19. The largest absolute Gasteiger partial charge is 0.496 e. The van der Waals surface area contributed by atoms with Crippen LogP contribution in [0.3, 0.4) is 0 Å². The van der Waals surface area contributed by atoms with Crippen molar-refractivity contribution in [3.05, 3.63) is 24.3 Å². The summed E-state index contributed by atoms with van der Waals surface area (Å²) < 4.78 is 5.47. The highest BCUT2D eigenvalue weighted by Crippen LogP contribution is 2.45. The Morgan fingerprint density at radius 3 is 2.50 bits per heavy atom. The molecule has 0 amide bonds. The monoisotopic (exact) mass is 236 g/mol. The molecule has 0 N–H and O–H groups in total. The second-order valence-corrected chi connectivity index (χ2v) is 7.01. The van der Waals surface area contributed by atoms with Gasteiger partial charge in [0.15, 0.2) is 0 Å². The fourth-order valence-electron chi connectivity index (χ4n) is 2.59. The van der Waals surface area contributed by atoms with Crippen molar-refractivity contribution >= 4 is 13.2 Å². The van der Waals surface area contributed by atoms with Crippen LogP contribution in [0.2, 0.25) is 0 Å². The molecule has 0 saturated heterocycles. The van der Waals surface area contributed by atoms with Gasteiger partial charge in [0.2, 0.25) is 0 Å². The van der Waals surface area contributed by atoms with E-state index in [2.05, 4.69) is 30.9 Å². The molecule has 1 aliphatic carbocycles. The van der Waals surface area contributed by atoms with Gasteiger partial charge in [0.25, 0.3) is 0 Å². The normalized spacial score (nSPS) is 19.4. The van der Waals surface area contributed by atoms with Crippen LogP contribution in [0.5, 0.6) is 5.75 Å². The Kier molecular flexibility index (Phi) is 4.23. The van der Waals surface area contributed by atoms with E-state index in [9.17, 15) is 0 Å². The molecule has 0 aromatic heterocycles. The minimum atomic E-state index is -0.0455. The zero-order valence-corrected chi connectivity index (χ0v) is 11.2. The molecule has 1 saturated carbocycles. The third kappa shape index (κ3) is 2.58. The molecule has 1 fully saturated rings. The van der Waals surface area contributed by atoms with Gasteiger partial charge in [-0.1, -0.05) is 45.4 Å². The first kappa shape index (κ1) is 11.9. The van der Waals surface area contributed by atoms with Gasteiger partial charge in [-0.15, -0.1) is 0 Å². The molecule has 0 radical (unpaired) electrons. The highest BCUT2D eigenvalue weighted by Gasteiger charge is 2.22. The molecule has 88 valence electrons. The van der Waals surface area contributed by atoms with Crippen LogP contribution < -0.4 is 10.0 Å². The number of para-hydroxylation sites is 1. The van der Waals surface area contributed by atoms with Gasteiger partial charge in [0, 0.05) is 5.30 Å². The molecule has 0 heterocycles. The summed E-state index contributed by atoms with van der Waals surface area (Å²) in [4.78, 5) is 0. The smallest absolute Gasteiger partial charge is 0.126 e. The molecule has 1 aromatic rings. The molecule has 1 aliphatic rings. The van der Waals surface area contributed by atoms with Crippen molar-refractivity contribution in [3.8, 4) is 5.75 Å². The van der Waals surface area contributed by atoms with Gasteiger partial charge in [0.1, 0.15) is 5.75 Å². The van der Waals surface area contributed by atoms with Gasteiger partial charge in [-0.3, -0.25) is 0 Å². The molecule has 16 heavy (non-hydrogen) atoms. The fraction of sp³-hybridized carbons (Fsp3) is 0.571. The van der Waals surface area contributed by atoms with E-state index in [-0.39, 0.29) is 7.92 Å². The van der Waals surface area contributed by atoms with Crippen LogP contribution in [0.15, 0.2) is 24.3 Å². The summed E-state index contributed by atoms with van der Waals surface area (Å²) in [5, 5.41) is 1.45. The Labute approximate surface area is 100.0 Å². The lowest BCUT2D eigenvalue weighted by Gasteiger charge is -2.29. The van der Waals surface area contributed by atoms with Crippen molar-refractivity contribution in [2.45, 2.75) is 37.8 Å². The second-order valence-electron chi connectivity index (χ2n) is 4.57. The van der Waals surface area contributed by atoms with E-state index in [1.807, 2.05) is 0 Å². The van der Waals surface area contributed by atoms with Crippen molar-refractivity contribution in [2.75, 3.05) is 13.8 Å². The van der Waals surface area contributed by atoms with Crippen molar-refractivity contribution in [2.24, 2.45) is 0 Å². The first-order valence-corrected chi connectivity index (χ1v) is 8.04. The Morgan fingerprint density at radius 1 is 1.12 bits per heavy atom. The SMILES string of the molecule is COc1ccccc1[P@](C)C1CCCCC1. The zero-order chi connectivity index (χ0) is 11.4. The Morgan fingerprint density at radius 2 is 1.81 bits per heavy atom. The van der Waals surface area contributed by atoms with E-state index in [4.69, 9.17) is 4.74 Å². The van der Waals surface area contributed by atoms with Gasteiger partial charge in [0.05, 0.1) is 7.11 Å². The van der Waals surface area contributed by atoms with Crippen LogP contribution in [-0.4, -0.2) is 19.4 Å². The fourth-order valence-corrected chi connectivity index (χ4v) is 4.95. The van der Waals surface area contributed by atoms with Crippen LogP contribution in [0.25, 0.3) is 0 Å². The second kappa shape index (κ2) is 5.68. The number of hydrogen-bond donors (Lipinski definition) is 0. The third-order valence-corrected chi connectivity index (χ3v) is 6.33. The lowest BCUT2D eigenvalue weighted by Crippen LogP contribution is -2.17. The quantitative estimate of drug-likeness (QED) is 0.726. The minimum absolute atomic E-state index is 0.0455. The standard InChI is InChI=1S/C14H21OP/c1-15-13-10-6-7-11-14(13)16(2)12-8-4-3-5-9-12/h6-7,10-12H,3-5,8-9H2,1-2H3/t16-/m1/s1. The van der Waals surface area contributed by atoms with E-state index in [0.29, 0.717) is 0 Å². The first-order chi connectivity index (χ1) is 7.83. The summed E-state index contributed by atoms with van der Waals surface area (Å²) in [5.74, 6) is 1.08. The predicted molar refractivity (Wildman–Crippen MR) is 72.3 cm³/mol. The number of methoxy groups -OCH3 is 1. The third-order valence-electron chi connectivity index (χ3n) is 3.59. The maximum atomic E-state index is 5.47. The lowest BCUT2D eigenvalue weighted by molar-refractivity contribution is 0.418. The van der Waals surface area contributed by atoms with Crippen molar-refractivity contribution < 1.29 is 4.74 Å². The summed E-state index contributed by atoms with van der Waals surface area (Å²) in [6.07, 6.45) is 7.12. The van der Waals surface area contributed by atoms with Crippen LogP contribution >= 0.6 is 7.92 Å². The molecule has 0 unspecified atom stereocenters. The predicted octanol–water partition coefficient (Wildman–Crippen LogP) is 3.76. The summed E-state index contributed by atoms with van der Waals surface area (Å²) in [5.41, 5.74) is 0.917.